The minimum absolute atomic E-state index is 0.0618. The Kier molecular flexibility index (Phi) is 6.83. The van der Waals surface area contributed by atoms with E-state index in [1.54, 1.807) is 11.7 Å². The number of carbonyl (C=O) groups excluding carboxylic acids is 1. The van der Waals surface area contributed by atoms with Crippen molar-refractivity contribution in [1.82, 2.24) is 20.1 Å². The van der Waals surface area contributed by atoms with Crippen LogP contribution >= 0.6 is 11.3 Å². The molecule has 1 aromatic heterocycles. The van der Waals surface area contributed by atoms with Gasteiger partial charge in [-0.25, -0.2) is 0 Å². The second kappa shape index (κ2) is 9.56. The number of nitrogens with one attached hydrogen (secondary N) is 1. The Morgan fingerprint density at radius 3 is 2.63 bits per heavy atom. The number of thiazole rings is 1. The van der Waals surface area contributed by atoms with Crippen molar-refractivity contribution in [3.05, 3.63) is 52.5 Å². The van der Waals surface area contributed by atoms with Crippen molar-refractivity contribution in [3.63, 3.8) is 0 Å². The first-order chi connectivity index (χ1) is 14.6. The van der Waals surface area contributed by atoms with E-state index in [1.165, 1.54) is 16.9 Å². The number of benzene rings is 1. The van der Waals surface area contributed by atoms with Gasteiger partial charge in [-0.15, -0.1) is 11.3 Å². The Hall–Kier alpha value is -1.80. The molecular formula is C23H32N4O2S. The van der Waals surface area contributed by atoms with Gasteiger partial charge in [0, 0.05) is 44.2 Å². The lowest BCUT2D eigenvalue weighted by molar-refractivity contribution is 0.0200. The number of amides is 1. The van der Waals surface area contributed by atoms with Crippen LogP contribution < -0.4 is 5.32 Å². The molecule has 3 atom stereocenters. The van der Waals surface area contributed by atoms with Crippen LogP contribution in [0, 0.1) is 0 Å². The highest BCUT2D eigenvalue weighted by molar-refractivity contribution is 7.11. The van der Waals surface area contributed by atoms with Gasteiger partial charge in [0.2, 0.25) is 0 Å². The fraction of sp³-hybridized carbons (Fsp3) is 0.565. The van der Waals surface area contributed by atoms with Crippen LogP contribution in [0.15, 0.2) is 42.0 Å². The zero-order valence-electron chi connectivity index (χ0n) is 17.7. The lowest BCUT2D eigenvalue weighted by Crippen LogP contribution is -2.52. The third kappa shape index (κ3) is 4.75. The average molecular weight is 429 g/mol. The lowest BCUT2D eigenvalue weighted by atomic mass is 9.74. The molecule has 2 aliphatic rings. The molecular weight excluding hydrogens is 396 g/mol. The maximum atomic E-state index is 12.6. The van der Waals surface area contributed by atoms with Gasteiger partial charge in [-0.05, 0) is 38.3 Å². The second-order valence-corrected chi connectivity index (χ2v) is 9.63. The van der Waals surface area contributed by atoms with Crippen LogP contribution in [0.2, 0.25) is 0 Å². The standard InChI is InChI=1S/C23H32N4O2S/c1-26-11-13-27(14-12-26)19-7-9-23(10-8-20(19)28,18-5-3-2-4-6-18)16-25-22(29)21-15-24-17-30-21/h2-6,15,17,19-20,28H,7-14,16H2,1H3,(H,25,29)/t19-,20-,23-/m0/s1. The molecule has 162 valence electrons. The maximum absolute atomic E-state index is 12.6. The molecule has 1 aliphatic carbocycles. The molecule has 0 spiro atoms. The summed E-state index contributed by atoms with van der Waals surface area (Å²) in [5.41, 5.74) is 2.77. The molecule has 2 fully saturated rings. The van der Waals surface area contributed by atoms with Crippen LogP contribution in [0.3, 0.4) is 0 Å². The van der Waals surface area contributed by atoms with E-state index in [2.05, 4.69) is 51.4 Å². The van der Waals surface area contributed by atoms with Gasteiger partial charge in [0.05, 0.1) is 17.8 Å². The van der Waals surface area contributed by atoms with Gasteiger partial charge in [-0.3, -0.25) is 14.7 Å². The first-order valence-corrected chi connectivity index (χ1v) is 11.8. The first-order valence-electron chi connectivity index (χ1n) is 10.9. The molecule has 1 aliphatic heterocycles. The number of aromatic nitrogens is 1. The van der Waals surface area contributed by atoms with Gasteiger partial charge >= 0.3 is 0 Å². The van der Waals surface area contributed by atoms with E-state index in [0.29, 0.717) is 11.4 Å². The van der Waals surface area contributed by atoms with Crippen molar-refractivity contribution in [2.75, 3.05) is 39.8 Å². The number of rotatable bonds is 5. The van der Waals surface area contributed by atoms with Crippen LogP contribution in [0.1, 0.15) is 40.9 Å². The fourth-order valence-corrected chi connectivity index (χ4v) is 5.50. The topological polar surface area (TPSA) is 68.7 Å². The Bertz CT molecular complexity index is 808. The van der Waals surface area contributed by atoms with E-state index in [0.717, 1.165) is 51.9 Å². The Labute approximate surface area is 182 Å². The van der Waals surface area contributed by atoms with Crippen LogP contribution in [-0.2, 0) is 5.41 Å². The van der Waals surface area contributed by atoms with Crippen LogP contribution in [0.5, 0.6) is 0 Å². The number of piperazine rings is 1. The van der Waals surface area contributed by atoms with Crippen molar-refractivity contribution in [1.29, 1.82) is 0 Å². The summed E-state index contributed by atoms with van der Waals surface area (Å²) in [6.07, 6.45) is 4.81. The number of nitrogens with zero attached hydrogens (tertiary/aromatic N) is 3. The van der Waals surface area contributed by atoms with Crippen molar-refractivity contribution in [2.24, 2.45) is 0 Å². The van der Waals surface area contributed by atoms with Gasteiger partial charge in [-0.2, -0.15) is 0 Å². The first kappa shape index (κ1) is 21.4. The molecule has 1 saturated heterocycles. The SMILES string of the molecule is CN1CCN([C@H]2CC[C@](CNC(=O)c3cncs3)(c3ccccc3)CC[C@@H]2O)CC1. The zero-order valence-corrected chi connectivity index (χ0v) is 18.5. The number of carbonyl (C=O) groups is 1. The monoisotopic (exact) mass is 428 g/mol. The molecule has 1 aromatic carbocycles. The third-order valence-electron chi connectivity index (χ3n) is 6.92. The summed E-state index contributed by atoms with van der Waals surface area (Å²) in [6.45, 7) is 4.71. The summed E-state index contributed by atoms with van der Waals surface area (Å²) >= 11 is 1.36. The van der Waals surface area contributed by atoms with Crippen molar-refractivity contribution >= 4 is 17.2 Å². The highest BCUT2D eigenvalue weighted by Crippen LogP contribution is 2.39. The molecule has 2 heterocycles. The zero-order chi connectivity index (χ0) is 21.0. The van der Waals surface area contributed by atoms with Crippen molar-refractivity contribution in [2.45, 2.75) is 43.2 Å². The number of hydrogen-bond donors (Lipinski definition) is 2. The van der Waals surface area contributed by atoms with E-state index in [4.69, 9.17) is 0 Å². The smallest absolute Gasteiger partial charge is 0.263 e. The Balaban J connectivity index is 1.52. The number of aliphatic hydroxyl groups excluding tert-OH is 1. The van der Waals surface area contributed by atoms with Gasteiger partial charge in [0.15, 0.2) is 0 Å². The molecule has 0 unspecified atom stereocenters. The summed E-state index contributed by atoms with van der Waals surface area (Å²) < 4.78 is 0. The minimum atomic E-state index is -0.323. The highest BCUT2D eigenvalue weighted by atomic mass is 32.1. The lowest BCUT2D eigenvalue weighted by Gasteiger charge is -2.39. The van der Waals surface area contributed by atoms with E-state index >= 15 is 0 Å². The fourth-order valence-electron chi connectivity index (χ4n) is 4.96. The summed E-state index contributed by atoms with van der Waals surface area (Å²) in [4.78, 5) is 22.1. The number of likely N-dealkylation sites (N-methyl/N-ethyl adjacent to an activating group) is 1. The maximum Gasteiger partial charge on any atom is 0.263 e. The van der Waals surface area contributed by atoms with Gasteiger partial charge in [0.1, 0.15) is 4.88 Å². The average Bonchev–Trinajstić information content (AvgIpc) is 3.26. The summed E-state index contributed by atoms with van der Waals surface area (Å²) in [6, 6.07) is 10.7. The molecule has 0 radical (unpaired) electrons. The summed E-state index contributed by atoms with van der Waals surface area (Å²) in [5, 5.41) is 14.2. The van der Waals surface area contributed by atoms with Crippen LogP contribution in [0.25, 0.3) is 0 Å². The van der Waals surface area contributed by atoms with Crippen molar-refractivity contribution in [3.8, 4) is 0 Å². The quantitative estimate of drug-likeness (QED) is 0.716. The molecule has 4 rings (SSSR count). The van der Waals surface area contributed by atoms with Gasteiger partial charge in [0.25, 0.3) is 5.91 Å². The van der Waals surface area contributed by atoms with Crippen LogP contribution in [0.4, 0.5) is 0 Å². The molecule has 2 aromatic rings. The Morgan fingerprint density at radius 2 is 1.93 bits per heavy atom. The predicted octanol–water partition coefficient (Wildman–Crippen LogP) is 2.36. The molecule has 6 nitrogen and oxygen atoms in total. The van der Waals surface area contributed by atoms with Crippen molar-refractivity contribution < 1.29 is 9.90 Å². The molecule has 0 bridgehead atoms. The van der Waals surface area contributed by atoms with E-state index in [1.807, 2.05) is 6.07 Å². The van der Waals surface area contributed by atoms with E-state index in [-0.39, 0.29) is 23.5 Å². The van der Waals surface area contributed by atoms with Gasteiger partial charge < -0.3 is 15.3 Å². The minimum Gasteiger partial charge on any atom is -0.391 e. The molecule has 30 heavy (non-hydrogen) atoms. The largest absolute Gasteiger partial charge is 0.391 e. The van der Waals surface area contributed by atoms with Crippen LogP contribution in [-0.4, -0.2) is 77.7 Å². The normalized spacial score (nSPS) is 28.7. The van der Waals surface area contributed by atoms with E-state index < -0.39 is 0 Å². The van der Waals surface area contributed by atoms with E-state index in [9.17, 15) is 9.90 Å². The highest BCUT2D eigenvalue weighted by Gasteiger charge is 2.40. The second-order valence-electron chi connectivity index (χ2n) is 8.75. The predicted molar refractivity (Wildman–Crippen MR) is 120 cm³/mol. The molecule has 7 heteroatoms. The molecule has 2 N–H and O–H groups in total. The summed E-state index contributed by atoms with van der Waals surface area (Å²) in [7, 11) is 2.16. The summed E-state index contributed by atoms with van der Waals surface area (Å²) in [5.74, 6) is -0.0618. The molecule has 1 amide bonds. The Morgan fingerprint density at radius 1 is 1.20 bits per heavy atom. The number of aliphatic hydroxyl groups is 1. The van der Waals surface area contributed by atoms with Gasteiger partial charge in [-0.1, -0.05) is 30.3 Å². The number of hydrogen-bond acceptors (Lipinski definition) is 6. The molecule has 1 saturated carbocycles. The third-order valence-corrected chi connectivity index (χ3v) is 7.69.